The fourth-order valence-corrected chi connectivity index (χ4v) is 1.77. The van der Waals surface area contributed by atoms with E-state index in [0.29, 0.717) is 10.8 Å². The Bertz CT molecular complexity index is 433. The van der Waals surface area contributed by atoms with Crippen LogP contribution in [0, 0.1) is 0 Å². The summed E-state index contributed by atoms with van der Waals surface area (Å²) in [5.74, 6) is 5.56. The summed E-state index contributed by atoms with van der Waals surface area (Å²) in [5, 5.41) is 0.557. The van der Waals surface area contributed by atoms with Gasteiger partial charge in [-0.15, -0.1) is 0 Å². The van der Waals surface area contributed by atoms with E-state index >= 15 is 0 Å². The van der Waals surface area contributed by atoms with E-state index in [2.05, 4.69) is 15.4 Å². The van der Waals surface area contributed by atoms with Crippen LogP contribution in [-0.2, 0) is 9.53 Å². The molecule has 0 atom stereocenters. The maximum Gasteiger partial charge on any atom is 0.316 e. The van der Waals surface area contributed by atoms with Crippen LogP contribution in [0.5, 0.6) is 0 Å². The third kappa shape index (κ3) is 5.19. The highest BCUT2D eigenvalue weighted by atomic mass is 32.2. The van der Waals surface area contributed by atoms with Crippen molar-refractivity contribution in [3.8, 4) is 0 Å². The van der Waals surface area contributed by atoms with Crippen LogP contribution in [0.15, 0.2) is 11.1 Å². The maximum atomic E-state index is 11.5. The van der Waals surface area contributed by atoms with Gasteiger partial charge in [-0.3, -0.25) is 4.79 Å². The van der Waals surface area contributed by atoms with Crippen molar-refractivity contribution in [1.29, 1.82) is 0 Å². The van der Waals surface area contributed by atoms with Crippen molar-refractivity contribution in [2.45, 2.75) is 31.4 Å². The first kappa shape index (κ1) is 14.5. The van der Waals surface area contributed by atoms with E-state index in [4.69, 9.17) is 16.3 Å². The Morgan fingerprint density at radius 1 is 1.50 bits per heavy atom. The summed E-state index contributed by atoms with van der Waals surface area (Å²) in [6, 6.07) is 1.60. The number of nitrogens with one attached hydrogen (secondary N) is 1. The minimum Gasteiger partial charge on any atom is -0.459 e. The van der Waals surface area contributed by atoms with Crippen molar-refractivity contribution in [3.63, 3.8) is 0 Å². The fourth-order valence-electron chi connectivity index (χ4n) is 1.09. The highest BCUT2D eigenvalue weighted by molar-refractivity contribution is 7.99. The van der Waals surface area contributed by atoms with Crippen molar-refractivity contribution in [3.05, 3.63) is 6.07 Å². The third-order valence-corrected chi connectivity index (χ3v) is 2.51. The summed E-state index contributed by atoms with van der Waals surface area (Å²) in [7, 11) is 0. The number of ether oxygens (including phenoxy) is 1. The predicted octanol–water partition coefficient (Wildman–Crippen LogP) is 0.778. The molecule has 0 aliphatic rings. The molecule has 100 valence electrons. The van der Waals surface area contributed by atoms with E-state index in [9.17, 15) is 4.79 Å². The quantitative estimate of drug-likeness (QED) is 0.242. The topological polar surface area (TPSA) is 116 Å². The van der Waals surface area contributed by atoms with Crippen LogP contribution in [0.3, 0.4) is 0 Å². The Labute approximate surface area is 110 Å². The van der Waals surface area contributed by atoms with Gasteiger partial charge < -0.3 is 15.9 Å². The molecule has 1 aromatic rings. The van der Waals surface area contributed by atoms with Crippen molar-refractivity contribution in [1.82, 2.24) is 9.97 Å². The molecule has 0 saturated heterocycles. The largest absolute Gasteiger partial charge is 0.459 e. The van der Waals surface area contributed by atoms with E-state index in [1.54, 1.807) is 6.07 Å². The molecule has 0 saturated carbocycles. The molecule has 1 heterocycles. The van der Waals surface area contributed by atoms with Crippen LogP contribution in [0.25, 0.3) is 0 Å². The zero-order chi connectivity index (χ0) is 13.8. The molecule has 0 aromatic carbocycles. The molecule has 0 radical (unpaired) electrons. The van der Waals surface area contributed by atoms with Crippen LogP contribution in [0.4, 0.5) is 11.8 Å². The Morgan fingerprint density at radius 2 is 2.17 bits per heavy atom. The van der Waals surface area contributed by atoms with Gasteiger partial charge in [-0.2, -0.15) is 4.98 Å². The second-order valence-electron chi connectivity index (χ2n) is 4.47. The minimum absolute atomic E-state index is 0.0946. The van der Waals surface area contributed by atoms with E-state index < -0.39 is 5.60 Å². The number of hydrogen-bond acceptors (Lipinski definition) is 8. The summed E-state index contributed by atoms with van der Waals surface area (Å²) in [6.45, 7) is 5.44. The number of hydrazine groups is 1. The number of esters is 1. The summed E-state index contributed by atoms with van der Waals surface area (Å²) in [4.78, 5) is 19.3. The molecule has 7 nitrogen and oxygen atoms in total. The molecule has 0 spiro atoms. The number of nitrogens with two attached hydrogens (primary N) is 2. The lowest BCUT2D eigenvalue weighted by Crippen LogP contribution is -2.24. The van der Waals surface area contributed by atoms with Gasteiger partial charge in [0.1, 0.15) is 16.4 Å². The molecule has 1 rings (SSSR count). The van der Waals surface area contributed by atoms with Gasteiger partial charge in [0, 0.05) is 6.07 Å². The lowest BCUT2D eigenvalue weighted by Gasteiger charge is -2.19. The van der Waals surface area contributed by atoms with Crippen LogP contribution in [0.1, 0.15) is 20.8 Å². The van der Waals surface area contributed by atoms with Gasteiger partial charge in [0.25, 0.3) is 0 Å². The van der Waals surface area contributed by atoms with Gasteiger partial charge in [-0.25, -0.2) is 10.8 Å². The molecule has 8 heteroatoms. The van der Waals surface area contributed by atoms with E-state index in [-0.39, 0.29) is 17.7 Å². The monoisotopic (exact) mass is 271 g/mol. The molecule has 0 bridgehead atoms. The minimum atomic E-state index is -0.494. The second kappa shape index (κ2) is 5.87. The van der Waals surface area contributed by atoms with Gasteiger partial charge in [0.15, 0.2) is 0 Å². The molecule has 18 heavy (non-hydrogen) atoms. The molecule has 0 aliphatic carbocycles. The number of nitrogen functional groups attached to an aromatic ring is 2. The summed E-state index contributed by atoms with van der Waals surface area (Å²) < 4.78 is 5.17. The van der Waals surface area contributed by atoms with Crippen molar-refractivity contribution < 1.29 is 9.53 Å². The Hall–Kier alpha value is -1.54. The van der Waals surface area contributed by atoms with E-state index in [1.165, 1.54) is 11.8 Å². The number of rotatable bonds is 4. The zero-order valence-corrected chi connectivity index (χ0v) is 11.4. The van der Waals surface area contributed by atoms with E-state index in [1.807, 2.05) is 20.8 Å². The first-order valence-corrected chi connectivity index (χ1v) is 6.24. The molecule has 0 amide bonds. The SMILES string of the molecule is CC(C)(C)OC(=O)CSc1cc(NN)nc(N)n1. The van der Waals surface area contributed by atoms with Crippen LogP contribution < -0.4 is 17.0 Å². The zero-order valence-electron chi connectivity index (χ0n) is 10.6. The van der Waals surface area contributed by atoms with Crippen LogP contribution >= 0.6 is 11.8 Å². The average Bonchev–Trinajstić information content (AvgIpc) is 2.23. The fraction of sp³-hybridized carbons (Fsp3) is 0.500. The van der Waals surface area contributed by atoms with Gasteiger partial charge in [0.2, 0.25) is 5.95 Å². The number of anilines is 2. The summed E-state index contributed by atoms with van der Waals surface area (Å²) in [6.07, 6.45) is 0. The first-order valence-electron chi connectivity index (χ1n) is 5.26. The number of thioether (sulfide) groups is 1. The standard InChI is InChI=1S/C10H17N5O2S/c1-10(2,3)17-8(16)5-18-7-4-6(15-12)13-9(11)14-7/h4H,5,12H2,1-3H3,(H3,11,13,14,15). The molecular weight excluding hydrogens is 254 g/mol. The van der Waals surface area contributed by atoms with Gasteiger partial charge in [0.05, 0.1) is 5.75 Å². The number of aromatic nitrogens is 2. The summed E-state index contributed by atoms with van der Waals surface area (Å²) in [5.41, 5.74) is 7.38. The molecule has 1 aromatic heterocycles. The highest BCUT2D eigenvalue weighted by Gasteiger charge is 2.16. The predicted molar refractivity (Wildman–Crippen MR) is 70.8 cm³/mol. The smallest absolute Gasteiger partial charge is 0.316 e. The van der Waals surface area contributed by atoms with Gasteiger partial charge in [-0.1, -0.05) is 11.8 Å². The molecule has 0 aliphatic heterocycles. The lowest BCUT2D eigenvalue weighted by atomic mass is 10.2. The maximum absolute atomic E-state index is 11.5. The van der Waals surface area contributed by atoms with E-state index in [0.717, 1.165) is 0 Å². The highest BCUT2D eigenvalue weighted by Crippen LogP contribution is 2.20. The van der Waals surface area contributed by atoms with Crippen molar-refractivity contribution in [2.24, 2.45) is 5.84 Å². The Balaban J connectivity index is 2.58. The molecule has 0 fully saturated rings. The van der Waals surface area contributed by atoms with Crippen LogP contribution in [-0.4, -0.2) is 27.3 Å². The van der Waals surface area contributed by atoms with Gasteiger partial charge >= 0.3 is 5.97 Å². The Morgan fingerprint density at radius 3 is 2.72 bits per heavy atom. The number of hydrogen-bond donors (Lipinski definition) is 3. The lowest BCUT2D eigenvalue weighted by molar-refractivity contribution is -0.151. The number of carbonyl (C=O) groups is 1. The normalized spacial score (nSPS) is 11.1. The van der Waals surface area contributed by atoms with Gasteiger partial charge in [-0.05, 0) is 20.8 Å². The van der Waals surface area contributed by atoms with Crippen molar-refractivity contribution in [2.75, 3.05) is 16.9 Å². The average molecular weight is 271 g/mol. The number of nitrogens with zero attached hydrogens (tertiary/aromatic N) is 2. The molecule has 5 N–H and O–H groups in total. The number of carbonyl (C=O) groups excluding carboxylic acids is 1. The second-order valence-corrected chi connectivity index (χ2v) is 5.46. The molecular formula is C10H17N5O2S. The van der Waals surface area contributed by atoms with Crippen molar-refractivity contribution >= 4 is 29.5 Å². The van der Waals surface area contributed by atoms with Crippen LogP contribution in [0.2, 0.25) is 0 Å². The summed E-state index contributed by atoms with van der Waals surface area (Å²) >= 11 is 1.21. The molecule has 0 unspecified atom stereocenters. The Kier molecular flexibility index (Phi) is 4.74. The third-order valence-electron chi connectivity index (χ3n) is 1.63. The first-order chi connectivity index (χ1) is 8.30.